The molecule has 3 N–H and O–H groups in total. The third-order valence-electron chi connectivity index (χ3n) is 3.28. The average molecular weight is 198 g/mol. The first-order chi connectivity index (χ1) is 6.77. The summed E-state index contributed by atoms with van der Waals surface area (Å²) in [6, 6.07) is 0. The lowest BCUT2D eigenvalue weighted by Gasteiger charge is -2.27. The molecule has 0 spiro atoms. The highest BCUT2D eigenvalue weighted by Gasteiger charge is 2.34. The Labute approximate surface area is 84.2 Å². The molecule has 0 saturated carbocycles. The van der Waals surface area contributed by atoms with Gasteiger partial charge in [-0.3, -0.25) is 4.79 Å². The number of nitrogens with one attached hydrogen (secondary N) is 1. The lowest BCUT2D eigenvalue weighted by atomic mass is 9.91. The van der Waals surface area contributed by atoms with Crippen molar-refractivity contribution in [2.45, 2.75) is 37.9 Å². The number of carbonyl (C=O) groups excluding carboxylic acids is 1. The molecule has 80 valence electrons. The molecule has 1 amide bonds. The monoisotopic (exact) mass is 198 g/mol. The van der Waals surface area contributed by atoms with Crippen LogP contribution in [0.15, 0.2) is 0 Å². The van der Waals surface area contributed by atoms with E-state index in [4.69, 9.17) is 10.5 Å². The summed E-state index contributed by atoms with van der Waals surface area (Å²) < 4.78 is 5.66. The van der Waals surface area contributed by atoms with Crippen LogP contribution in [0.2, 0.25) is 0 Å². The highest BCUT2D eigenvalue weighted by Crippen LogP contribution is 2.29. The van der Waals surface area contributed by atoms with Crippen molar-refractivity contribution in [3.63, 3.8) is 0 Å². The van der Waals surface area contributed by atoms with Crippen molar-refractivity contribution < 1.29 is 9.53 Å². The van der Waals surface area contributed by atoms with Crippen molar-refractivity contribution >= 4 is 5.91 Å². The second-order valence-electron chi connectivity index (χ2n) is 4.23. The largest absolute Gasteiger partial charge is 0.367 e. The minimum Gasteiger partial charge on any atom is -0.367 e. The van der Waals surface area contributed by atoms with Gasteiger partial charge in [0.2, 0.25) is 5.91 Å². The first-order valence-electron chi connectivity index (χ1n) is 5.43. The minimum absolute atomic E-state index is 0.273. The van der Waals surface area contributed by atoms with E-state index in [2.05, 4.69) is 5.32 Å². The van der Waals surface area contributed by atoms with E-state index < -0.39 is 0 Å². The fourth-order valence-corrected chi connectivity index (χ4v) is 2.43. The van der Waals surface area contributed by atoms with E-state index in [0.29, 0.717) is 5.92 Å². The molecule has 0 unspecified atom stereocenters. The van der Waals surface area contributed by atoms with Crippen LogP contribution < -0.4 is 11.1 Å². The van der Waals surface area contributed by atoms with E-state index in [-0.39, 0.29) is 18.1 Å². The summed E-state index contributed by atoms with van der Waals surface area (Å²) in [5.74, 6) is 0.321. The van der Waals surface area contributed by atoms with Gasteiger partial charge in [-0.05, 0) is 44.7 Å². The lowest BCUT2D eigenvalue weighted by Crippen LogP contribution is -2.35. The molecule has 2 aliphatic rings. The van der Waals surface area contributed by atoms with Gasteiger partial charge in [0.15, 0.2) is 0 Å². The molecule has 4 heteroatoms. The zero-order chi connectivity index (χ0) is 9.97. The Kier molecular flexibility index (Phi) is 3.03. The van der Waals surface area contributed by atoms with Crippen LogP contribution in [0.1, 0.15) is 25.7 Å². The molecule has 0 radical (unpaired) electrons. The van der Waals surface area contributed by atoms with Gasteiger partial charge >= 0.3 is 0 Å². The summed E-state index contributed by atoms with van der Waals surface area (Å²) >= 11 is 0. The van der Waals surface area contributed by atoms with Crippen molar-refractivity contribution in [3.05, 3.63) is 0 Å². The molecular weight excluding hydrogens is 180 g/mol. The molecule has 2 rings (SSSR count). The van der Waals surface area contributed by atoms with Gasteiger partial charge in [0.25, 0.3) is 0 Å². The molecule has 2 fully saturated rings. The van der Waals surface area contributed by atoms with Crippen LogP contribution in [0, 0.1) is 5.92 Å². The highest BCUT2D eigenvalue weighted by atomic mass is 16.5. The Morgan fingerprint density at radius 1 is 1.21 bits per heavy atom. The number of piperidine rings is 1. The molecule has 2 aliphatic heterocycles. The molecule has 0 aromatic rings. The molecule has 0 bridgehead atoms. The van der Waals surface area contributed by atoms with Gasteiger partial charge in [0.05, 0.1) is 6.10 Å². The Morgan fingerprint density at radius 3 is 2.50 bits per heavy atom. The van der Waals surface area contributed by atoms with E-state index >= 15 is 0 Å². The number of primary amides is 1. The molecule has 0 aromatic carbocycles. The SMILES string of the molecule is NC(=O)[C@H]1CC[C@@H](C2CCNCC2)O1. The van der Waals surface area contributed by atoms with Crippen molar-refractivity contribution in [3.8, 4) is 0 Å². The van der Waals surface area contributed by atoms with Crippen LogP contribution >= 0.6 is 0 Å². The third-order valence-corrected chi connectivity index (χ3v) is 3.28. The summed E-state index contributed by atoms with van der Waals surface area (Å²) in [6.07, 6.45) is 4.08. The van der Waals surface area contributed by atoms with Crippen LogP contribution in [0.5, 0.6) is 0 Å². The van der Waals surface area contributed by atoms with E-state index in [0.717, 1.165) is 38.8 Å². The average Bonchev–Trinajstić information content (AvgIpc) is 2.68. The standard InChI is InChI=1S/C10H18N2O2/c11-10(13)9-2-1-8(14-9)7-3-5-12-6-4-7/h7-9,12H,1-6H2,(H2,11,13)/t8-,9+/m0/s1. The summed E-state index contributed by atoms with van der Waals surface area (Å²) in [5.41, 5.74) is 5.21. The first kappa shape index (κ1) is 9.93. The van der Waals surface area contributed by atoms with Crippen molar-refractivity contribution in [2.75, 3.05) is 13.1 Å². The molecule has 0 aromatic heterocycles. The van der Waals surface area contributed by atoms with E-state index in [1.807, 2.05) is 0 Å². The fraction of sp³-hybridized carbons (Fsp3) is 0.900. The lowest BCUT2D eigenvalue weighted by molar-refractivity contribution is -0.130. The quantitative estimate of drug-likeness (QED) is 0.657. The molecule has 0 aliphatic carbocycles. The number of rotatable bonds is 2. The maximum atomic E-state index is 10.9. The third kappa shape index (κ3) is 2.07. The smallest absolute Gasteiger partial charge is 0.246 e. The molecule has 14 heavy (non-hydrogen) atoms. The van der Waals surface area contributed by atoms with Crippen LogP contribution in [0.25, 0.3) is 0 Å². The van der Waals surface area contributed by atoms with Gasteiger partial charge in [-0.2, -0.15) is 0 Å². The zero-order valence-corrected chi connectivity index (χ0v) is 8.37. The molecule has 2 atom stereocenters. The van der Waals surface area contributed by atoms with E-state index in [1.165, 1.54) is 0 Å². The van der Waals surface area contributed by atoms with Gasteiger partial charge in [-0.1, -0.05) is 0 Å². The van der Waals surface area contributed by atoms with Crippen LogP contribution in [0.4, 0.5) is 0 Å². The summed E-state index contributed by atoms with van der Waals surface area (Å²) in [4.78, 5) is 10.9. The topological polar surface area (TPSA) is 64.4 Å². The second kappa shape index (κ2) is 4.28. The summed E-state index contributed by atoms with van der Waals surface area (Å²) in [5, 5.41) is 3.32. The Hall–Kier alpha value is -0.610. The number of carbonyl (C=O) groups is 1. The van der Waals surface area contributed by atoms with Crippen LogP contribution in [-0.4, -0.2) is 31.2 Å². The maximum absolute atomic E-state index is 10.9. The molecule has 2 saturated heterocycles. The van der Waals surface area contributed by atoms with E-state index in [1.54, 1.807) is 0 Å². The van der Waals surface area contributed by atoms with Crippen LogP contribution in [-0.2, 0) is 9.53 Å². The fourth-order valence-electron chi connectivity index (χ4n) is 2.43. The first-order valence-corrected chi connectivity index (χ1v) is 5.43. The van der Waals surface area contributed by atoms with Crippen molar-refractivity contribution in [1.82, 2.24) is 5.32 Å². The van der Waals surface area contributed by atoms with Gasteiger partial charge < -0.3 is 15.8 Å². The molecule has 4 nitrogen and oxygen atoms in total. The molecular formula is C10H18N2O2. The van der Waals surface area contributed by atoms with Crippen LogP contribution in [0.3, 0.4) is 0 Å². The predicted molar refractivity (Wildman–Crippen MR) is 52.7 cm³/mol. The van der Waals surface area contributed by atoms with Gasteiger partial charge in [0, 0.05) is 0 Å². The number of hydrogen-bond donors (Lipinski definition) is 2. The predicted octanol–water partition coefficient (Wildman–Crippen LogP) is 0.0189. The van der Waals surface area contributed by atoms with Crippen molar-refractivity contribution in [1.29, 1.82) is 0 Å². The Bertz CT molecular complexity index is 214. The number of ether oxygens (including phenoxy) is 1. The zero-order valence-electron chi connectivity index (χ0n) is 8.37. The van der Waals surface area contributed by atoms with Gasteiger partial charge in [0.1, 0.15) is 6.10 Å². The summed E-state index contributed by atoms with van der Waals surface area (Å²) in [7, 11) is 0. The van der Waals surface area contributed by atoms with Crippen molar-refractivity contribution in [2.24, 2.45) is 11.7 Å². The van der Waals surface area contributed by atoms with E-state index in [9.17, 15) is 4.79 Å². The Morgan fingerprint density at radius 2 is 1.93 bits per heavy atom. The maximum Gasteiger partial charge on any atom is 0.246 e. The summed E-state index contributed by atoms with van der Waals surface area (Å²) in [6.45, 7) is 2.15. The Balaban J connectivity index is 1.85. The number of amides is 1. The normalized spacial score (nSPS) is 34.6. The highest BCUT2D eigenvalue weighted by molar-refractivity contribution is 5.79. The number of nitrogens with two attached hydrogens (primary N) is 1. The molecule has 2 heterocycles. The van der Waals surface area contributed by atoms with Gasteiger partial charge in [-0.15, -0.1) is 0 Å². The second-order valence-corrected chi connectivity index (χ2v) is 4.23. The minimum atomic E-state index is -0.324. The van der Waals surface area contributed by atoms with Gasteiger partial charge in [-0.25, -0.2) is 0 Å². The number of hydrogen-bond acceptors (Lipinski definition) is 3.